The van der Waals surface area contributed by atoms with E-state index in [0.717, 1.165) is 5.92 Å². The van der Waals surface area contributed by atoms with Crippen LogP contribution in [0.1, 0.15) is 53.4 Å². The zero-order valence-electron chi connectivity index (χ0n) is 9.35. The van der Waals surface area contributed by atoms with Gasteiger partial charge in [0.25, 0.3) is 0 Å². The molecule has 0 aromatic rings. The minimum absolute atomic E-state index is 0.109. The van der Waals surface area contributed by atoms with Crippen LogP contribution in [0.25, 0.3) is 0 Å². The predicted octanol–water partition coefficient (Wildman–Crippen LogP) is 2.97. The van der Waals surface area contributed by atoms with E-state index in [1.807, 2.05) is 0 Å². The van der Waals surface area contributed by atoms with Crippen molar-refractivity contribution in [1.82, 2.24) is 0 Å². The highest BCUT2D eigenvalue weighted by Crippen LogP contribution is 2.63. The van der Waals surface area contributed by atoms with Crippen LogP contribution in [0.2, 0.25) is 0 Å². The lowest BCUT2D eigenvalue weighted by molar-refractivity contribution is -0.227. The van der Waals surface area contributed by atoms with Gasteiger partial charge in [0.05, 0.1) is 5.60 Å². The van der Waals surface area contributed by atoms with Gasteiger partial charge in [0, 0.05) is 0 Å². The Morgan fingerprint density at radius 1 is 1.00 bits per heavy atom. The summed E-state index contributed by atoms with van der Waals surface area (Å²) in [6, 6.07) is 0. The third-order valence-corrected chi connectivity index (χ3v) is 5.54. The van der Waals surface area contributed by atoms with Gasteiger partial charge in [-0.3, -0.25) is 0 Å². The molecule has 0 aromatic heterocycles. The number of hydrogen-bond acceptors (Lipinski definition) is 1. The van der Waals surface area contributed by atoms with E-state index in [9.17, 15) is 5.11 Å². The molecule has 1 atom stereocenters. The molecule has 0 heterocycles. The average molecular weight is 182 g/mol. The normalized spacial score (nSPS) is 53.8. The summed E-state index contributed by atoms with van der Waals surface area (Å²) in [5, 5.41) is 10.7. The van der Waals surface area contributed by atoms with Crippen molar-refractivity contribution in [2.45, 2.75) is 59.0 Å². The Morgan fingerprint density at radius 3 is 1.77 bits per heavy atom. The highest BCUT2D eigenvalue weighted by Gasteiger charge is 2.61. The Labute approximate surface area is 81.5 Å². The van der Waals surface area contributed by atoms with Crippen molar-refractivity contribution in [3.63, 3.8) is 0 Å². The van der Waals surface area contributed by atoms with Crippen LogP contribution in [0.4, 0.5) is 0 Å². The fourth-order valence-electron chi connectivity index (χ4n) is 3.64. The van der Waals surface area contributed by atoms with Crippen LogP contribution >= 0.6 is 0 Å². The Balaban J connectivity index is 2.44. The molecule has 1 N–H and O–H groups in total. The van der Waals surface area contributed by atoms with Gasteiger partial charge in [0.1, 0.15) is 0 Å². The lowest BCUT2D eigenvalue weighted by atomic mass is 9.44. The fraction of sp³-hybridized carbons (Fsp3) is 1.00. The molecule has 0 amide bonds. The van der Waals surface area contributed by atoms with Gasteiger partial charge in [0.2, 0.25) is 0 Å². The molecule has 0 aromatic carbocycles. The second-order valence-corrected chi connectivity index (χ2v) is 6.13. The zero-order chi connectivity index (χ0) is 9.91. The van der Waals surface area contributed by atoms with E-state index in [-0.39, 0.29) is 10.8 Å². The molecule has 3 saturated carbocycles. The van der Waals surface area contributed by atoms with E-state index in [1.54, 1.807) is 0 Å². The molecule has 76 valence electrons. The van der Waals surface area contributed by atoms with Crippen molar-refractivity contribution in [1.29, 1.82) is 0 Å². The smallest absolute Gasteiger partial charge is 0.0726 e. The third kappa shape index (κ3) is 0.918. The molecule has 3 aliphatic rings. The van der Waals surface area contributed by atoms with Gasteiger partial charge in [-0.15, -0.1) is 0 Å². The van der Waals surface area contributed by atoms with Gasteiger partial charge < -0.3 is 5.11 Å². The lowest BCUT2D eigenvalue weighted by Gasteiger charge is -2.64. The summed E-state index contributed by atoms with van der Waals surface area (Å²) in [6.07, 6.45) is 5.07. The van der Waals surface area contributed by atoms with E-state index in [1.165, 1.54) is 25.7 Å². The van der Waals surface area contributed by atoms with Crippen molar-refractivity contribution in [2.75, 3.05) is 0 Å². The van der Waals surface area contributed by atoms with E-state index >= 15 is 0 Å². The van der Waals surface area contributed by atoms with Crippen LogP contribution in [0.3, 0.4) is 0 Å². The minimum Gasteiger partial charge on any atom is -0.389 e. The maximum atomic E-state index is 10.7. The number of aliphatic hydroxyl groups is 1. The maximum Gasteiger partial charge on any atom is 0.0726 e. The van der Waals surface area contributed by atoms with Gasteiger partial charge in [-0.1, -0.05) is 20.8 Å². The molecule has 1 heteroatoms. The Bertz CT molecular complexity index is 213. The first kappa shape index (κ1) is 9.51. The molecule has 3 fully saturated rings. The summed E-state index contributed by atoms with van der Waals surface area (Å²) in [5.41, 5.74) is -0.190. The van der Waals surface area contributed by atoms with Gasteiger partial charge in [0.15, 0.2) is 0 Å². The van der Waals surface area contributed by atoms with E-state index < -0.39 is 5.60 Å². The average Bonchev–Trinajstić information content (AvgIpc) is 2.02. The topological polar surface area (TPSA) is 20.2 Å². The summed E-state index contributed by atoms with van der Waals surface area (Å²) < 4.78 is 0. The highest BCUT2D eigenvalue weighted by molar-refractivity contribution is 5.11. The quantitative estimate of drug-likeness (QED) is 0.610. The monoisotopic (exact) mass is 182 g/mol. The van der Waals surface area contributed by atoms with Crippen molar-refractivity contribution in [2.24, 2.45) is 16.7 Å². The third-order valence-electron chi connectivity index (χ3n) is 5.54. The maximum absolute atomic E-state index is 10.7. The van der Waals surface area contributed by atoms with Crippen molar-refractivity contribution < 1.29 is 5.11 Å². The fourth-order valence-corrected chi connectivity index (χ4v) is 3.64. The highest BCUT2D eigenvalue weighted by atomic mass is 16.3. The summed E-state index contributed by atoms with van der Waals surface area (Å²) >= 11 is 0. The van der Waals surface area contributed by atoms with Gasteiger partial charge in [-0.2, -0.15) is 0 Å². The number of fused-ring (bicyclic) bond motifs is 3. The first-order valence-electron chi connectivity index (χ1n) is 5.54. The van der Waals surface area contributed by atoms with Gasteiger partial charge in [-0.25, -0.2) is 0 Å². The molecule has 0 spiro atoms. The van der Waals surface area contributed by atoms with Crippen molar-refractivity contribution in [3.05, 3.63) is 0 Å². The molecule has 0 aliphatic heterocycles. The van der Waals surface area contributed by atoms with E-state index in [2.05, 4.69) is 27.7 Å². The Kier molecular flexibility index (Phi) is 1.69. The van der Waals surface area contributed by atoms with Gasteiger partial charge in [-0.05, 0) is 49.4 Å². The van der Waals surface area contributed by atoms with E-state index in [0.29, 0.717) is 0 Å². The first-order valence-corrected chi connectivity index (χ1v) is 5.54. The molecule has 2 bridgehead atoms. The second kappa shape index (κ2) is 2.31. The molecule has 3 rings (SSSR count). The summed E-state index contributed by atoms with van der Waals surface area (Å²) in [6.45, 7) is 8.81. The van der Waals surface area contributed by atoms with Crippen molar-refractivity contribution >= 4 is 0 Å². The summed E-state index contributed by atoms with van der Waals surface area (Å²) in [7, 11) is 0. The van der Waals surface area contributed by atoms with Crippen LogP contribution < -0.4 is 0 Å². The largest absolute Gasteiger partial charge is 0.389 e. The zero-order valence-corrected chi connectivity index (χ0v) is 9.35. The molecule has 3 aliphatic carbocycles. The van der Waals surface area contributed by atoms with Crippen LogP contribution in [0.5, 0.6) is 0 Å². The van der Waals surface area contributed by atoms with Crippen molar-refractivity contribution in [3.8, 4) is 0 Å². The lowest BCUT2D eigenvalue weighted by Crippen LogP contribution is -2.63. The summed E-state index contributed by atoms with van der Waals surface area (Å²) in [5.74, 6) is 0.740. The minimum atomic E-state index is -0.471. The van der Waals surface area contributed by atoms with Gasteiger partial charge >= 0.3 is 0 Å². The van der Waals surface area contributed by atoms with E-state index in [4.69, 9.17) is 0 Å². The molecular weight excluding hydrogens is 160 g/mol. The molecule has 1 nitrogen and oxygen atoms in total. The molecule has 0 saturated heterocycles. The number of rotatable bonds is 0. The molecule has 1 unspecified atom stereocenters. The predicted molar refractivity (Wildman–Crippen MR) is 54.5 cm³/mol. The van der Waals surface area contributed by atoms with Crippen LogP contribution in [-0.2, 0) is 0 Å². The van der Waals surface area contributed by atoms with Crippen LogP contribution in [0.15, 0.2) is 0 Å². The van der Waals surface area contributed by atoms with Crippen LogP contribution in [0, 0.1) is 16.7 Å². The summed E-state index contributed by atoms with van der Waals surface area (Å²) in [4.78, 5) is 0. The standard InChI is InChI=1S/C12H22O/c1-10(2)9-5-7-11(3,8-6-9)12(10,4)13/h9,13H,5-8H2,1-4H3. The Morgan fingerprint density at radius 2 is 1.46 bits per heavy atom. The van der Waals surface area contributed by atoms with Crippen LogP contribution in [-0.4, -0.2) is 10.7 Å². The SMILES string of the molecule is CC12CCC(CC1)C(C)(C)C2(C)O. The Hall–Kier alpha value is -0.0400. The molecule has 13 heavy (non-hydrogen) atoms. The molecular formula is C12H22O. The molecule has 0 radical (unpaired) electrons. The second-order valence-electron chi connectivity index (χ2n) is 6.13. The number of hydrogen-bond donors (Lipinski definition) is 1. The first-order chi connectivity index (χ1) is 5.81.